The molecule has 2 aromatic heterocycles. The van der Waals surface area contributed by atoms with Gasteiger partial charge in [0.05, 0.1) is 11.3 Å². The maximum absolute atomic E-state index is 10.8. The SMILES string of the molecule is O=C(O)c1ccc(CN(Cc2cccs2)C2CC2)nc1. The molecule has 0 amide bonds. The Morgan fingerprint density at radius 1 is 1.35 bits per heavy atom. The largest absolute Gasteiger partial charge is 0.478 e. The Bertz CT molecular complexity index is 576. The van der Waals surface area contributed by atoms with Crippen LogP contribution in [0.2, 0.25) is 0 Å². The molecule has 0 radical (unpaired) electrons. The highest BCUT2D eigenvalue weighted by atomic mass is 32.1. The van der Waals surface area contributed by atoms with Crippen LogP contribution in [0, 0.1) is 0 Å². The van der Waals surface area contributed by atoms with Crippen LogP contribution in [0.1, 0.15) is 33.8 Å². The Morgan fingerprint density at radius 2 is 2.20 bits per heavy atom. The van der Waals surface area contributed by atoms with E-state index in [-0.39, 0.29) is 5.56 Å². The highest BCUT2D eigenvalue weighted by Gasteiger charge is 2.29. The third-order valence-corrected chi connectivity index (χ3v) is 4.30. The Labute approximate surface area is 121 Å². The molecule has 2 aromatic rings. The molecule has 3 rings (SSSR count). The standard InChI is InChI=1S/C15H16N2O2S/c18-15(19)11-3-4-12(16-8-11)9-17(13-5-6-13)10-14-2-1-7-20-14/h1-4,7-8,13H,5-6,9-10H2,(H,18,19). The van der Waals surface area contributed by atoms with Crippen molar-refractivity contribution in [2.24, 2.45) is 0 Å². The van der Waals surface area contributed by atoms with Gasteiger partial charge in [0, 0.05) is 30.2 Å². The molecule has 1 aliphatic rings. The lowest BCUT2D eigenvalue weighted by Gasteiger charge is -2.20. The number of nitrogens with zero attached hydrogens (tertiary/aromatic N) is 2. The number of carbonyl (C=O) groups is 1. The van der Waals surface area contributed by atoms with Gasteiger partial charge in [-0.3, -0.25) is 9.88 Å². The van der Waals surface area contributed by atoms with Gasteiger partial charge in [-0.15, -0.1) is 11.3 Å². The van der Waals surface area contributed by atoms with Gasteiger partial charge in [-0.1, -0.05) is 6.07 Å². The number of carboxylic acid groups (broad SMARTS) is 1. The van der Waals surface area contributed by atoms with E-state index in [0.29, 0.717) is 6.04 Å². The topological polar surface area (TPSA) is 53.4 Å². The van der Waals surface area contributed by atoms with Crippen molar-refractivity contribution in [1.82, 2.24) is 9.88 Å². The summed E-state index contributed by atoms with van der Waals surface area (Å²) in [7, 11) is 0. The van der Waals surface area contributed by atoms with E-state index in [1.54, 1.807) is 17.4 Å². The van der Waals surface area contributed by atoms with Crippen LogP contribution in [0.4, 0.5) is 0 Å². The van der Waals surface area contributed by atoms with Crippen molar-refractivity contribution in [3.63, 3.8) is 0 Å². The first kappa shape index (κ1) is 13.3. The number of aromatic nitrogens is 1. The quantitative estimate of drug-likeness (QED) is 0.887. The molecule has 1 fully saturated rings. The predicted molar refractivity (Wildman–Crippen MR) is 77.8 cm³/mol. The van der Waals surface area contributed by atoms with Crippen LogP contribution in [-0.4, -0.2) is 27.0 Å². The zero-order valence-electron chi connectivity index (χ0n) is 11.0. The van der Waals surface area contributed by atoms with E-state index in [9.17, 15) is 4.79 Å². The molecule has 5 heteroatoms. The van der Waals surface area contributed by atoms with E-state index < -0.39 is 5.97 Å². The fraction of sp³-hybridized carbons (Fsp3) is 0.333. The number of hydrogen-bond acceptors (Lipinski definition) is 4. The summed E-state index contributed by atoms with van der Waals surface area (Å²) in [4.78, 5) is 18.9. The summed E-state index contributed by atoms with van der Waals surface area (Å²) in [6.07, 6.45) is 3.94. The summed E-state index contributed by atoms with van der Waals surface area (Å²) in [5, 5.41) is 11.0. The summed E-state index contributed by atoms with van der Waals surface area (Å²) < 4.78 is 0. The maximum Gasteiger partial charge on any atom is 0.337 e. The highest BCUT2D eigenvalue weighted by molar-refractivity contribution is 7.09. The molecule has 20 heavy (non-hydrogen) atoms. The summed E-state index contributed by atoms with van der Waals surface area (Å²) in [6, 6.07) is 8.32. The van der Waals surface area contributed by atoms with Crippen LogP contribution in [0.5, 0.6) is 0 Å². The number of aromatic carboxylic acids is 1. The van der Waals surface area contributed by atoms with E-state index in [1.807, 2.05) is 6.07 Å². The third-order valence-electron chi connectivity index (χ3n) is 3.44. The minimum Gasteiger partial charge on any atom is -0.478 e. The summed E-state index contributed by atoms with van der Waals surface area (Å²) in [6.45, 7) is 1.73. The van der Waals surface area contributed by atoms with Crippen molar-refractivity contribution in [3.05, 3.63) is 52.0 Å². The van der Waals surface area contributed by atoms with Crippen LogP contribution >= 0.6 is 11.3 Å². The van der Waals surface area contributed by atoms with Crippen molar-refractivity contribution in [2.75, 3.05) is 0 Å². The molecule has 1 saturated carbocycles. The van der Waals surface area contributed by atoms with Crippen LogP contribution in [0.3, 0.4) is 0 Å². The van der Waals surface area contributed by atoms with Crippen LogP contribution < -0.4 is 0 Å². The second-order valence-corrected chi connectivity index (χ2v) is 6.09. The lowest BCUT2D eigenvalue weighted by molar-refractivity contribution is 0.0696. The van der Waals surface area contributed by atoms with Crippen molar-refractivity contribution in [1.29, 1.82) is 0 Å². The number of hydrogen-bond donors (Lipinski definition) is 1. The average Bonchev–Trinajstić information content (AvgIpc) is 3.17. The van der Waals surface area contributed by atoms with Gasteiger partial charge in [0.25, 0.3) is 0 Å². The van der Waals surface area contributed by atoms with Crippen molar-refractivity contribution < 1.29 is 9.90 Å². The summed E-state index contributed by atoms with van der Waals surface area (Å²) in [5.74, 6) is -0.929. The van der Waals surface area contributed by atoms with Gasteiger partial charge in [0.15, 0.2) is 0 Å². The molecule has 0 unspecified atom stereocenters. The van der Waals surface area contributed by atoms with E-state index >= 15 is 0 Å². The zero-order chi connectivity index (χ0) is 13.9. The molecule has 1 aliphatic carbocycles. The summed E-state index contributed by atoms with van der Waals surface area (Å²) >= 11 is 1.77. The minimum atomic E-state index is -0.929. The van der Waals surface area contributed by atoms with Crippen LogP contribution in [0.15, 0.2) is 35.8 Å². The van der Waals surface area contributed by atoms with Gasteiger partial charge in [-0.05, 0) is 36.4 Å². The lowest BCUT2D eigenvalue weighted by atomic mass is 10.2. The van der Waals surface area contributed by atoms with E-state index in [4.69, 9.17) is 5.11 Å². The molecule has 0 aromatic carbocycles. The molecule has 4 nitrogen and oxygen atoms in total. The van der Waals surface area contributed by atoms with E-state index in [0.717, 1.165) is 18.8 Å². The van der Waals surface area contributed by atoms with Gasteiger partial charge >= 0.3 is 5.97 Å². The Morgan fingerprint density at radius 3 is 2.75 bits per heavy atom. The normalized spacial score (nSPS) is 14.7. The molecular formula is C15H16N2O2S. The number of rotatable bonds is 6. The number of carboxylic acids is 1. The molecular weight excluding hydrogens is 272 g/mol. The molecule has 0 saturated heterocycles. The van der Waals surface area contributed by atoms with Gasteiger partial charge in [-0.25, -0.2) is 4.79 Å². The molecule has 2 heterocycles. The van der Waals surface area contributed by atoms with E-state index in [2.05, 4.69) is 27.4 Å². The first-order chi connectivity index (χ1) is 9.72. The van der Waals surface area contributed by atoms with Gasteiger partial charge in [0.2, 0.25) is 0 Å². The minimum absolute atomic E-state index is 0.241. The number of thiophene rings is 1. The Balaban J connectivity index is 1.68. The van der Waals surface area contributed by atoms with Crippen LogP contribution in [-0.2, 0) is 13.1 Å². The highest BCUT2D eigenvalue weighted by Crippen LogP contribution is 2.30. The zero-order valence-corrected chi connectivity index (χ0v) is 11.8. The molecule has 104 valence electrons. The molecule has 0 bridgehead atoms. The smallest absolute Gasteiger partial charge is 0.337 e. The fourth-order valence-electron chi connectivity index (χ4n) is 2.21. The van der Waals surface area contributed by atoms with Crippen molar-refractivity contribution in [2.45, 2.75) is 32.0 Å². The second kappa shape index (κ2) is 5.73. The van der Waals surface area contributed by atoms with Gasteiger partial charge < -0.3 is 5.11 Å². The van der Waals surface area contributed by atoms with Crippen molar-refractivity contribution >= 4 is 17.3 Å². The second-order valence-electron chi connectivity index (χ2n) is 5.06. The monoisotopic (exact) mass is 288 g/mol. The van der Waals surface area contributed by atoms with Crippen molar-refractivity contribution in [3.8, 4) is 0 Å². The molecule has 0 spiro atoms. The Hall–Kier alpha value is -1.72. The van der Waals surface area contributed by atoms with E-state index in [1.165, 1.54) is 23.9 Å². The molecule has 1 N–H and O–H groups in total. The maximum atomic E-state index is 10.8. The first-order valence-electron chi connectivity index (χ1n) is 6.67. The lowest BCUT2D eigenvalue weighted by Crippen LogP contribution is -2.25. The summed E-state index contributed by atoms with van der Waals surface area (Å²) in [5.41, 5.74) is 1.17. The van der Waals surface area contributed by atoms with Gasteiger partial charge in [-0.2, -0.15) is 0 Å². The Kier molecular flexibility index (Phi) is 3.80. The first-order valence-corrected chi connectivity index (χ1v) is 7.55. The average molecular weight is 288 g/mol. The predicted octanol–water partition coefficient (Wildman–Crippen LogP) is 3.01. The fourth-order valence-corrected chi connectivity index (χ4v) is 2.94. The van der Waals surface area contributed by atoms with Gasteiger partial charge in [0.1, 0.15) is 0 Å². The molecule has 0 atom stereocenters. The third kappa shape index (κ3) is 3.23. The molecule has 0 aliphatic heterocycles. The number of pyridine rings is 1. The van der Waals surface area contributed by atoms with Crippen LogP contribution in [0.25, 0.3) is 0 Å².